The number of halogens is 1. The monoisotopic (exact) mass is 436 g/mol. The number of benzene rings is 4. The zero-order valence-electron chi connectivity index (χ0n) is 15.6. The van der Waals surface area contributed by atoms with E-state index < -0.39 is 0 Å². The molecule has 0 fully saturated rings. The van der Waals surface area contributed by atoms with Crippen molar-refractivity contribution in [3.05, 3.63) is 108 Å². The van der Waals surface area contributed by atoms with Gasteiger partial charge in [0.05, 0.1) is 16.6 Å². The minimum atomic E-state index is 1.10. The molecule has 0 spiro atoms. The van der Waals surface area contributed by atoms with E-state index in [0.29, 0.717) is 0 Å². The number of hydrogen-bond donors (Lipinski definition) is 0. The smallest absolute Gasteiger partial charge is 0.0541 e. The SMILES string of the molecule is Brc1ccc2c(c1)c1ccccc1n2-c1ccc2c(ccn2-c2ccccc2)c1. The van der Waals surface area contributed by atoms with Crippen molar-refractivity contribution >= 4 is 48.6 Å². The third kappa shape index (κ3) is 2.55. The van der Waals surface area contributed by atoms with Crippen LogP contribution in [0.2, 0.25) is 0 Å². The molecule has 0 N–H and O–H groups in total. The van der Waals surface area contributed by atoms with Crippen LogP contribution >= 0.6 is 15.9 Å². The Morgan fingerprint density at radius 3 is 2.21 bits per heavy atom. The molecule has 0 unspecified atom stereocenters. The van der Waals surface area contributed by atoms with E-state index in [9.17, 15) is 0 Å². The summed E-state index contributed by atoms with van der Waals surface area (Å²) in [6.45, 7) is 0. The molecule has 0 saturated heterocycles. The Hall–Kier alpha value is -3.30. The molecule has 2 nitrogen and oxygen atoms in total. The van der Waals surface area contributed by atoms with Crippen LogP contribution in [0.3, 0.4) is 0 Å². The number of para-hydroxylation sites is 2. The van der Waals surface area contributed by atoms with Crippen molar-refractivity contribution < 1.29 is 0 Å². The molecule has 0 saturated carbocycles. The van der Waals surface area contributed by atoms with Gasteiger partial charge in [0.25, 0.3) is 0 Å². The lowest BCUT2D eigenvalue weighted by atomic mass is 10.2. The fraction of sp³-hybridized carbons (Fsp3) is 0. The molecule has 6 rings (SSSR count). The highest BCUT2D eigenvalue weighted by molar-refractivity contribution is 9.10. The van der Waals surface area contributed by atoms with E-state index in [1.54, 1.807) is 0 Å². The van der Waals surface area contributed by atoms with Gasteiger partial charge in [0, 0.05) is 38.2 Å². The largest absolute Gasteiger partial charge is 0.317 e. The molecule has 2 aromatic heterocycles. The fourth-order valence-electron chi connectivity index (χ4n) is 4.31. The number of rotatable bonds is 2. The summed E-state index contributed by atoms with van der Waals surface area (Å²) in [6, 6.07) is 34.5. The molecule has 0 bridgehead atoms. The Morgan fingerprint density at radius 1 is 0.552 bits per heavy atom. The van der Waals surface area contributed by atoms with Gasteiger partial charge in [-0.05, 0) is 60.7 Å². The molecule has 138 valence electrons. The minimum absolute atomic E-state index is 1.10. The van der Waals surface area contributed by atoms with Gasteiger partial charge in [-0.3, -0.25) is 0 Å². The van der Waals surface area contributed by atoms with E-state index in [2.05, 4.69) is 122 Å². The first-order valence-corrected chi connectivity index (χ1v) is 10.4. The van der Waals surface area contributed by atoms with E-state index in [-0.39, 0.29) is 0 Å². The van der Waals surface area contributed by atoms with Crippen LogP contribution in [0.1, 0.15) is 0 Å². The molecule has 0 aliphatic heterocycles. The predicted octanol–water partition coefficient (Wildman–Crippen LogP) is 7.49. The second kappa shape index (κ2) is 6.36. The van der Waals surface area contributed by atoms with Gasteiger partial charge in [0.2, 0.25) is 0 Å². The van der Waals surface area contributed by atoms with Crippen LogP contribution in [-0.4, -0.2) is 9.13 Å². The Bertz CT molecular complexity index is 1510. The third-order valence-corrected chi connectivity index (χ3v) is 6.09. The normalized spacial score (nSPS) is 11.6. The molecule has 0 amide bonds. The second-order valence-electron chi connectivity index (χ2n) is 7.28. The molecular formula is C26H17BrN2. The average molecular weight is 437 g/mol. The standard InChI is InChI=1S/C26H17BrN2/c27-19-10-12-26-23(17-19)22-8-4-5-9-25(22)29(26)21-11-13-24-18(16-21)14-15-28(24)20-6-2-1-3-7-20/h1-17H. The quantitative estimate of drug-likeness (QED) is 0.266. The number of fused-ring (bicyclic) bond motifs is 4. The second-order valence-corrected chi connectivity index (χ2v) is 8.19. The summed E-state index contributed by atoms with van der Waals surface area (Å²) in [5.74, 6) is 0. The Labute approximate surface area is 176 Å². The molecule has 0 atom stereocenters. The average Bonchev–Trinajstić information content (AvgIpc) is 3.33. The van der Waals surface area contributed by atoms with Crippen LogP contribution in [-0.2, 0) is 0 Å². The van der Waals surface area contributed by atoms with Gasteiger partial charge in [0.1, 0.15) is 0 Å². The van der Waals surface area contributed by atoms with Crippen LogP contribution in [0.25, 0.3) is 44.1 Å². The highest BCUT2D eigenvalue weighted by Gasteiger charge is 2.13. The van der Waals surface area contributed by atoms with Gasteiger partial charge in [-0.25, -0.2) is 0 Å². The molecule has 0 aliphatic carbocycles. The predicted molar refractivity (Wildman–Crippen MR) is 125 cm³/mol. The first-order chi connectivity index (χ1) is 14.3. The summed E-state index contributed by atoms with van der Waals surface area (Å²) in [7, 11) is 0. The van der Waals surface area contributed by atoms with Crippen molar-refractivity contribution in [2.24, 2.45) is 0 Å². The van der Waals surface area contributed by atoms with Crippen molar-refractivity contribution in [3.8, 4) is 11.4 Å². The van der Waals surface area contributed by atoms with Crippen molar-refractivity contribution in [1.29, 1.82) is 0 Å². The summed E-state index contributed by atoms with van der Waals surface area (Å²) in [5.41, 5.74) is 6.01. The zero-order valence-corrected chi connectivity index (χ0v) is 17.2. The van der Waals surface area contributed by atoms with E-state index in [4.69, 9.17) is 0 Å². The maximum absolute atomic E-state index is 3.63. The Morgan fingerprint density at radius 2 is 1.31 bits per heavy atom. The van der Waals surface area contributed by atoms with Crippen LogP contribution < -0.4 is 0 Å². The first-order valence-electron chi connectivity index (χ1n) is 9.65. The van der Waals surface area contributed by atoms with E-state index in [1.165, 1.54) is 44.1 Å². The molecule has 6 aromatic rings. The minimum Gasteiger partial charge on any atom is -0.317 e. The highest BCUT2D eigenvalue weighted by Crippen LogP contribution is 2.34. The van der Waals surface area contributed by atoms with Crippen molar-refractivity contribution in [2.75, 3.05) is 0 Å². The molecule has 4 aromatic carbocycles. The highest BCUT2D eigenvalue weighted by atomic mass is 79.9. The van der Waals surface area contributed by atoms with Gasteiger partial charge in [-0.15, -0.1) is 0 Å². The topological polar surface area (TPSA) is 9.86 Å². The maximum Gasteiger partial charge on any atom is 0.0541 e. The van der Waals surface area contributed by atoms with Crippen molar-refractivity contribution in [2.45, 2.75) is 0 Å². The number of nitrogens with zero attached hydrogens (tertiary/aromatic N) is 2. The van der Waals surface area contributed by atoms with Gasteiger partial charge >= 0.3 is 0 Å². The van der Waals surface area contributed by atoms with Crippen molar-refractivity contribution in [3.63, 3.8) is 0 Å². The van der Waals surface area contributed by atoms with E-state index >= 15 is 0 Å². The molecule has 29 heavy (non-hydrogen) atoms. The summed E-state index contributed by atoms with van der Waals surface area (Å²) in [4.78, 5) is 0. The summed E-state index contributed by atoms with van der Waals surface area (Å²) < 4.78 is 5.70. The molecular weight excluding hydrogens is 420 g/mol. The van der Waals surface area contributed by atoms with Crippen molar-refractivity contribution in [1.82, 2.24) is 9.13 Å². The van der Waals surface area contributed by atoms with Crippen LogP contribution in [0.4, 0.5) is 0 Å². The molecule has 0 radical (unpaired) electrons. The third-order valence-electron chi connectivity index (χ3n) is 5.60. The van der Waals surface area contributed by atoms with Gasteiger partial charge in [-0.2, -0.15) is 0 Å². The Balaban J connectivity index is 1.61. The lowest BCUT2D eigenvalue weighted by Gasteiger charge is -2.10. The lowest BCUT2D eigenvalue weighted by molar-refractivity contribution is 1.12. The Kier molecular flexibility index (Phi) is 3.65. The summed E-state index contributed by atoms with van der Waals surface area (Å²) in [5, 5.41) is 3.76. The number of aromatic nitrogens is 2. The molecule has 2 heterocycles. The van der Waals surface area contributed by atoms with Gasteiger partial charge in [0.15, 0.2) is 0 Å². The fourth-order valence-corrected chi connectivity index (χ4v) is 4.67. The van der Waals surface area contributed by atoms with Gasteiger partial charge in [-0.1, -0.05) is 52.3 Å². The van der Waals surface area contributed by atoms with E-state index in [0.717, 1.165) is 4.47 Å². The van der Waals surface area contributed by atoms with Crippen LogP contribution in [0.5, 0.6) is 0 Å². The molecule has 0 aliphatic rings. The first kappa shape index (κ1) is 16.6. The van der Waals surface area contributed by atoms with Gasteiger partial charge < -0.3 is 9.13 Å². The van der Waals surface area contributed by atoms with Crippen LogP contribution in [0.15, 0.2) is 108 Å². The molecule has 3 heteroatoms. The summed E-state index contributed by atoms with van der Waals surface area (Å²) >= 11 is 3.63. The summed E-state index contributed by atoms with van der Waals surface area (Å²) in [6.07, 6.45) is 2.15. The lowest BCUT2D eigenvalue weighted by Crippen LogP contribution is -1.95. The number of hydrogen-bond acceptors (Lipinski definition) is 0. The van der Waals surface area contributed by atoms with Crippen LogP contribution in [0, 0.1) is 0 Å². The maximum atomic E-state index is 3.63. The zero-order chi connectivity index (χ0) is 19.4. The van der Waals surface area contributed by atoms with E-state index in [1.807, 2.05) is 6.07 Å².